The molecular weight excluding hydrogens is 234 g/mol. The summed E-state index contributed by atoms with van der Waals surface area (Å²) in [6.45, 7) is 21.3. The molecule has 0 aromatic carbocycles. The molecule has 0 rings (SSSR count). The maximum Gasteiger partial charge on any atom is 0.270 e. The molecule has 0 fully saturated rings. The minimum atomic E-state index is -0.454. The Morgan fingerprint density at radius 2 is 0.824 bits per heavy atom. The molecule has 102 valence electrons. The molecule has 0 spiro atoms. The maximum atomic E-state index is 2.39. The van der Waals surface area contributed by atoms with Crippen molar-refractivity contribution in [1.82, 2.24) is 0 Å². The molecule has 0 amide bonds. The maximum absolute atomic E-state index is 2.39. The Bertz CT molecular complexity index is 124. The predicted octanol–water partition coefficient (Wildman–Crippen LogP) is 6.25. The highest BCUT2D eigenvalue weighted by Crippen LogP contribution is 2.28. The lowest BCUT2D eigenvalue weighted by Crippen LogP contribution is -2.24. The van der Waals surface area contributed by atoms with E-state index in [0.717, 1.165) is 14.3 Å². The van der Waals surface area contributed by atoms with Crippen LogP contribution in [0.15, 0.2) is 0 Å². The molecule has 17 heavy (non-hydrogen) atoms. The van der Waals surface area contributed by atoms with Crippen molar-refractivity contribution in [1.29, 1.82) is 0 Å². The molecule has 2 heteroatoms. The molecule has 0 aromatic rings. The van der Waals surface area contributed by atoms with Gasteiger partial charge in [-0.3, -0.25) is 0 Å². The van der Waals surface area contributed by atoms with E-state index < -0.39 is 14.1 Å². The van der Waals surface area contributed by atoms with Crippen LogP contribution in [0.3, 0.4) is 0 Å². The van der Waals surface area contributed by atoms with E-state index in [1.54, 1.807) is 0 Å². The van der Waals surface area contributed by atoms with Gasteiger partial charge in [0.05, 0.1) is 0 Å². The van der Waals surface area contributed by atoms with Crippen LogP contribution < -0.4 is 0 Å². The molecule has 0 radical (unpaired) electrons. The van der Waals surface area contributed by atoms with Crippen molar-refractivity contribution in [2.24, 2.45) is 0 Å². The van der Waals surface area contributed by atoms with Crippen LogP contribution in [0.25, 0.3) is 0 Å². The van der Waals surface area contributed by atoms with Crippen molar-refractivity contribution in [3.63, 3.8) is 0 Å². The lowest BCUT2D eigenvalue weighted by molar-refractivity contribution is 0.863. The van der Waals surface area contributed by atoms with Crippen LogP contribution in [0.5, 0.6) is 0 Å². The monoisotopic (exact) mass is 270 g/mol. The van der Waals surface area contributed by atoms with Crippen LogP contribution in [-0.4, -0.2) is 28.3 Å². The van der Waals surface area contributed by atoms with Gasteiger partial charge in [-0.15, -0.1) is 0 Å². The summed E-state index contributed by atoms with van der Waals surface area (Å²) in [5.74, 6) is 0. The van der Waals surface area contributed by atoms with Crippen molar-refractivity contribution >= 4 is 28.3 Å². The minimum absolute atomic E-state index is 0.171. The highest BCUT2D eigenvalue weighted by Gasteiger charge is 2.27. The Balaban J connectivity index is 0. The summed E-state index contributed by atoms with van der Waals surface area (Å²) in [6, 6.07) is 0. The van der Waals surface area contributed by atoms with Crippen LogP contribution in [0.2, 0.25) is 30.2 Å². The standard InChI is InChI=1S/3C3H7.3C2H5.2Al/c3*1-3-2;3*1-2;;/h3*3H,1-2H3;3*1H2,2H3;;. The lowest BCUT2D eigenvalue weighted by Gasteiger charge is -2.22. The van der Waals surface area contributed by atoms with Gasteiger partial charge in [0.15, 0.2) is 0 Å². The fourth-order valence-electron chi connectivity index (χ4n) is 3.18. The van der Waals surface area contributed by atoms with E-state index in [-0.39, 0.29) is 14.1 Å². The Hall–Kier alpha value is 1.06. The first-order valence-corrected chi connectivity index (χ1v) is 12.3. The highest BCUT2D eigenvalue weighted by atomic mass is 27.2. The molecular formula is C15H36Al2. The largest absolute Gasteiger partial charge is 0.270 e. The van der Waals surface area contributed by atoms with E-state index >= 15 is 0 Å². The number of hydrogen-bond acceptors (Lipinski definition) is 0. The Kier molecular flexibility index (Phi) is 14.5. The summed E-state index contributed by atoms with van der Waals surface area (Å²) in [4.78, 5) is 0. The van der Waals surface area contributed by atoms with Crippen LogP contribution in [0, 0.1) is 0 Å². The van der Waals surface area contributed by atoms with Crippen molar-refractivity contribution in [2.75, 3.05) is 0 Å². The first-order valence-electron chi connectivity index (χ1n) is 7.81. The topological polar surface area (TPSA) is 0 Å². The Morgan fingerprint density at radius 3 is 0.824 bits per heavy atom. The summed E-state index contributed by atoms with van der Waals surface area (Å²) in [6.07, 6.45) is 0. The van der Waals surface area contributed by atoms with Gasteiger partial charge in [-0.1, -0.05) is 92.5 Å². The van der Waals surface area contributed by atoms with Gasteiger partial charge in [0.1, 0.15) is 0 Å². The molecule has 0 unspecified atom stereocenters. The van der Waals surface area contributed by atoms with Gasteiger partial charge in [-0.05, 0) is 0 Å². The quantitative estimate of drug-likeness (QED) is 0.500. The zero-order chi connectivity index (χ0) is 14.0. The Morgan fingerprint density at radius 1 is 0.588 bits per heavy atom. The minimum Gasteiger partial charge on any atom is -0.0967 e. The van der Waals surface area contributed by atoms with E-state index in [0.29, 0.717) is 0 Å². The van der Waals surface area contributed by atoms with Crippen LogP contribution in [-0.2, 0) is 0 Å². The second-order valence-corrected chi connectivity index (χ2v) is 15.7. The first-order chi connectivity index (χ1) is 7.81. The summed E-state index contributed by atoms with van der Waals surface area (Å²) >= 11 is -0.625. The second kappa shape index (κ2) is 12.1. The summed E-state index contributed by atoms with van der Waals surface area (Å²) in [5, 5.41) is 4.48. The summed E-state index contributed by atoms with van der Waals surface area (Å²) < 4.78 is 2.92. The molecule has 0 saturated carbocycles. The zero-order valence-electron chi connectivity index (χ0n) is 14.0. The van der Waals surface area contributed by atoms with Gasteiger partial charge in [-0.25, -0.2) is 0 Å². The van der Waals surface area contributed by atoms with Gasteiger partial charge < -0.3 is 0 Å². The number of rotatable bonds is 6. The smallest absolute Gasteiger partial charge is 0.0967 e. The van der Waals surface area contributed by atoms with E-state index in [2.05, 4.69) is 62.3 Å². The molecule has 0 aliphatic heterocycles. The van der Waals surface area contributed by atoms with Gasteiger partial charge in [0.2, 0.25) is 0 Å². The third-order valence-electron chi connectivity index (χ3n) is 4.04. The average molecular weight is 270 g/mol. The van der Waals surface area contributed by atoms with Crippen molar-refractivity contribution < 1.29 is 0 Å². The summed E-state index contributed by atoms with van der Waals surface area (Å²) in [5.41, 5.74) is 0. The Labute approximate surface area is 120 Å². The summed E-state index contributed by atoms with van der Waals surface area (Å²) in [7, 11) is 0. The molecule has 0 heterocycles. The average Bonchev–Trinajstić information content (AvgIpc) is 2.19. The van der Waals surface area contributed by atoms with Crippen molar-refractivity contribution in [3.05, 3.63) is 0 Å². The molecule has 0 aliphatic rings. The third-order valence-corrected chi connectivity index (χ3v) is 12.1. The molecule has 0 aromatic heterocycles. The predicted molar refractivity (Wildman–Crippen MR) is 88.2 cm³/mol. The normalized spacial score (nSPS) is 10.6. The van der Waals surface area contributed by atoms with E-state index in [4.69, 9.17) is 0 Å². The van der Waals surface area contributed by atoms with Crippen LogP contribution >= 0.6 is 0 Å². The number of hydrogen-bond donors (Lipinski definition) is 0. The molecule has 0 N–H and O–H groups in total. The molecule has 0 aliphatic carbocycles. The van der Waals surface area contributed by atoms with Crippen LogP contribution in [0.1, 0.15) is 62.3 Å². The van der Waals surface area contributed by atoms with E-state index in [9.17, 15) is 0 Å². The van der Waals surface area contributed by atoms with Gasteiger partial charge >= 0.3 is 0 Å². The zero-order valence-corrected chi connectivity index (χ0v) is 16.3. The molecule has 0 nitrogen and oxygen atoms in total. The first kappa shape index (κ1) is 20.4. The molecule has 0 saturated heterocycles. The second-order valence-electron chi connectivity index (χ2n) is 6.40. The molecule has 0 bridgehead atoms. The fourth-order valence-corrected chi connectivity index (χ4v) is 9.53. The fraction of sp³-hybridized carbons (Fsp3) is 1.00. The van der Waals surface area contributed by atoms with Crippen LogP contribution in [0.4, 0.5) is 0 Å². The molecule has 0 atom stereocenters. The SMILES string of the molecule is C[CH2][Al]([CH2]C)[CH2]C.C[CH](C)[Al]([CH](C)C)[CH](C)C. The van der Waals surface area contributed by atoms with Gasteiger partial charge in [0.25, 0.3) is 28.3 Å². The highest BCUT2D eigenvalue weighted by molar-refractivity contribution is 6.63. The van der Waals surface area contributed by atoms with Crippen molar-refractivity contribution in [3.8, 4) is 0 Å². The lowest BCUT2D eigenvalue weighted by atomic mass is 10.5. The third kappa shape index (κ3) is 10.7. The van der Waals surface area contributed by atoms with E-state index in [1.165, 1.54) is 15.8 Å². The van der Waals surface area contributed by atoms with Gasteiger partial charge in [-0.2, -0.15) is 0 Å². The van der Waals surface area contributed by atoms with Crippen molar-refractivity contribution in [2.45, 2.75) is 92.5 Å². The van der Waals surface area contributed by atoms with Gasteiger partial charge in [0, 0.05) is 0 Å². The van der Waals surface area contributed by atoms with E-state index in [1.807, 2.05) is 0 Å².